The summed E-state index contributed by atoms with van der Waals surface area (Å²) >= 11 is 0. The third kappa shape index (κ3) is 6.39. The van der Waals surface area contributed by atoms with Crippen molar-refractivity contribution in [3.63, 3.8) is 0 Å². The fraction of sp³-hybridized carbons (Fsp3) is 0.375. The lowest BCUT2D eigenvalue weighted by atomic mass is 10.1. The second-order valence-electron chi connectivity index (χ2n) is 8.09. The molecule has 0 radical (unpaired) electrons. The van der Waals surface area contributed by atoms with E-state index in [0.717, 1.165) is 48.8 Å². The molecule has 2 heterocycles. The van der Waals surface area contributed by atoms with Crippen LogP contribution >= 0.6 is 0 Å². The number of nitrogens with one attached hydrogen (secondary N) is 2. The van der Waals surface area contributed by atoms with E-state index >= 15 is 0 Å². The van der Waals surface area contributed by atoms with E-state index in [1.807, 2.05) is 44.2 Å². The summed E-state index contributed by atoms with van der Waals surface area (Å²) in [6.07, 6.45) is 3.30. The Kier molecular flexibility index (Phi) is 7.41. The highest BCUT2D eigenvalue weighted by Crippen LogP contribution is 2.19. The van der Waals surface area contributed by atoms with Crippen molar-refractivity contribution < 1.29 is 4.79 Å². The summed E-state index contributed by atoms with van der Waals surface area (Å²) in [5.41, 5.74) is 3.26. The fourth-order valence-corrected chi connectivity index (χ4v) is 3.53. The molecule has 1 aliphatic heterocycles. The topological polar surface area (TPSA) is 72.9 Å². The van der Waals surface area contributed by atoms with Crippen molar-refractivity contribution in [2.45, 2.75) is 26.8 Å². The van der Waals surface area contributed by atoms with Crippen LogP contribution in [0.2, 0.25) is 0 Å². The molecule has 7 heteroatoms. The lowest BCUT2D eigenvalue weighted by molar-refractivity contribution is 0.102. The molecular weight excluding hydrogens is 388 g/mol. The first-order valence-corrected chi connectivity index (χ1v) is 10.6. The Balaban J connectivity index is 1.60. The minimum Gasteiger partial charge on any atom is -0.364 e. The summed E-state index contributed by atoms with van der Waals surface area (Å²) in [5.74, 6) is 1.43. The summed E-state index contributed by atoms with van der Waals surface area (Å²) in [6.45, 7) is 14.1. The number of anilines is 1. The lowest BCUT2D eigenvalue weighted by Gasteiger charge is -2.33. The molecule has 1 saturated heterocycles. The first kappa shape index (κ1) is 22.5. The van der Waals surface area contributed by atoms with E-state index in [-0.39, 0.29) is 11.9 Å². The number of piperazine rings is 1. The van der Waals surface area contributed by atoms with Crippen LogP contribution in [0.1, 0.15) is 41.4 Å². The molecule has 1 aliphatic rings. The molecule has 0 bridgehead atoms. The van der Waals surface area contributed by atoms with Crippen LogP contribution in [0.15, 0.2) is 60.1 Å². The van der Waals surface area contributed by atoms with Gasteiger partial charge >= 0.3 is 0 Å². The van der Waals surface area contributed by atoms with E-state index in [9.17, 15) is 4.79 Å². The predicted molar refractivity (Wildman–Crippen MR) is 126 cm³/mol. The number of benzene rings is 1. The van der Waals surface area contributed by atoms with Gasteiger partial charge in [-0.1, -0.05) is 18.7 Å². The number of carbonyl (C=O) groups excluding carboxylic acids is 1. The van der Waals surface area contributed by atoms with Crippen LogP contribution in [0.4, 0.5) is 5.69 Å². The van der Waals surface area contributed by atoms with Crippen molar-refractivity contribution in [3.05, 3.63) is 71.8 Å². The fourth-order valence-electron chi connectivity index (χ4n) is 3.53. The Hall–Kier alpha value is -3.19. The molecule has 2 aromatic rings. The molecule has 0 spiro atoms. The minimum absolute atomic E-state index is 0.00553. The molecular formula is C24H32N6O. The smallest absolute Gasteiger partial charge is 0.257 e. The summed E-state index contributed by atoms with van der Waals surface area (Å²) in [4.78, 5) is 25.9. The average Bonchev–Trinajstić information content (AvgIpc) is 2.74. The number of hydrogen-bond acceptors (Lipinski definition) is 5. The van der Waals surface area contributed by atoms with Gasteiger partial charge in [0.1, 0.15) is 11.7 Å². The maximum Gasteiger partial charge on any atom is 0.257 e. The molecule has 1 unspecified atom stereocenters. The molecule has 0 aliphatic carbocycles. The number of rotatable bonds is 6. The molecule has 31 heavy (non-hydrogen) atoms. The number of amidine groups is 1. The number of nitrogens with zero attached hydrogens (tertiary/aromatic N) is 4. The van der Waals surface area contributed by atoms with Crippen LogP contribution in [-0.2, 0) is 0 Å². The summed E-state index contributed by atoms with van der Waals surface area (Å²) in [5, 5.41) is 6.30. The molecule has 3 rings (SSSR count). The Labute approximate surface area is 184 Å². The van der Waals surface area contributed by atoms with Gasteiger partial charge in [0.15, 0.2) is 0 Å². The Morgan fingerprint density at radius 3 is 2.65 bits per heavy atom. The molecule has 0 saturated carbocycles. The zero-order valence-electron chi connectivity index (χ0n) is 18.9. The van der Waals surface area contributed by atoms with E-state index in [2.05, 4.69) is 51.0 Å². The van der Waals surface area contributed by atoms with Crippen LogP contribution in [-0.4, -0.2) is 59.8 Å². The zero-order chi connectivity index (χ0) is 22.4. The maximum absolute atomic E-state index is 12.5. The number of pyridine rings is 1. The van der Waals surface area contributed by atoms with Crippen LogP contribution in [0.25, 0.3) is 0 Å². The van der Waals surface area contributed by atoms with Gasteiger partial charge in [0.05, 0.1) is 5.56 Å². The standard InChI is InChI=1S/C24H32N6O/c1-17-13-22(16-25-15-17)24(31)28-23-8-6-7-21(14-23)18(2)26-19(3)27-20(4)30-11-9-29(5)10-12-30/h6-8,13-16,18,26H,3,9-12H2,1-2,4-5H3,(H,28,31). The van der Waals surface area contributed by atoms with E-state index in [1.54, 1.807) is 12.4 Å². The van der Waals surface area contributed by atoms with E-state index < -0.39 is 0 Å². The SMILES string of the molecule is C=C(N=C(C)N1CCN(C)CC1)NC(C)c1cccc(NC(=O)c2cncc(C)c2)c1. The first-order valence-electron chi connectivity index (χ1n) is 10.6. The molecule has 164 valence electrons. The quantitative estimate of drug-likeness (QED) is 0.553. The third-order valence-corrected chi connectivity index (χ3v) is 5.42. The largest absolute Gasteiger partial charge is 0.364 e. The highest BCUT2D eigenvalue weighted by molar-refractivity contribution is 6.04. The number of aliphatic imine (C=N–C) groups is 1. The van der Waals surface area contributed by atoms with Crippen molar-refractivity contribution in [2.75, 3.05) is 38.5 Å². The van der Waals surface area contributed by atoms with Crippen molar-refractivity contribution in [1.29, 1.82) is 0 Å². The first-order chi connectivity index (χ1) is 14.8. The molecule has 7 nitrogen and oxygen atoms in total. The van der Waals surface area contributed by atoms with Gasteiger partial charge in [-0.15, -0.1) is 0 Å². The molecule has 1 amide bonds. The zero-order valence-corrected chi connectivity index (χ0v) is 18.9. The highest BCUT2D eigenvalue weighted by Gasteiger charge is 2.15. The minimum atomic E-state index is -0.175. The molecule has 1 fully saturated rings. The summed E-state index contributed by atoms with van der Waals surface area (Å²) in [7, 11) is 2.14. The number of carbonyl (C=O) groups is 1. The molecule has 1 aromatic carbocycles. The number of hydrogen-bond donors (Lipinski definition) is 2. The van der Waals surface area contributed by atoms with Crippen LogP contribution in [0.5, 0.6) is 0 Å². The lowest BCUT2D eigenvalue weighted by Crippen LogP contribution is -2.46. The number of likely N-dealkylation sites (N-methyl/N-ethyl adjacent to an activating group) is 1. The van der Waals surface area contributed by atoms with Crippen LogP contribution in [0, 0.1) is 6.92 Å². The van der Waals surface area contributed by atoms with Crippen molar-refractivity contribution in [1.82, 2.24) is 20.1 Å². The Morgan fingerprint density at radius 2 is 1.94 bits per heavy atom. The summed E-state index contributed by atoms with van der Waals surface area (Å²) in [6, 6.07) is 9.60. The average molecular weight is 421 g/mol. The second-order valence-corrected chi connectivity index (χ2v) is 8.09. The van der Waals surface area contributed by atoms with Gasteiger partial charge in [0.2, 0.25) is 0 Å². The van der Waals surface area contributed by atoms with E-state index in [1.165, 1.54) is 0 Å². The van der Waals surface area contributed by atoms with Crippen molar-refractivity contribution in [2.24, 2.45) is 4.99 Å². The van der Waals surface area contributed by atoms with Gasteiger partial charge in [0, 0.05) is 50.3 Å². The van der Waals surface area contributed by atoms with Crippen LogP contribution in [0.3, 0.4) is 0 Å². The monoisotopic (exact) mass is 420 g/mol. The second kappa shape index (κ2) is 10.2. The van der Waals surface area contributed by atoms with Crippen LogP contribution < -0.4 is 10.6 Å². The van der Waals surface area contributed by atoms with E-state index in [4.69, 9.17) is 0 Å². The van der Waals surface area contributed by atoms with Gasteiger partial charge in [-0.2, -0.15) is 0 Å². The van der Waals surface area contributed by atoms with Gasteiger partial charge in [-0.25, -0.2) is 4.99 Å². The maximum atomic E-state index is 12.5. The van der Waals surface area contributed by atoms with Gasteiger partial charge in [-0.3, -0.25) is 9.78 Å². The van der Waals surface area contributed by atoms with Gasteiger partial charge in [0.25, 0.3) is 5.91 Å². The molecule has 2 N–H and O–H groups in total. The third-order valence-electron chi connectivity index (χ3n) is 5.42. The highest BCUT2D eigenvalue weighted by atomic mass is 16.1. The van der Waals surface area contributed by atoms with Crippen molar-refractivity contribution in [3.8, 4) is 0 Å². The van der Waals surface area contributed by atoms with Gasteiger partial charge in [-0.05, 0) is 57.1 Å². The number of aromatic nitrogens is 1. The Morgan fingerprint density at radius 1 is 1.19 bits per heavy atom. The van der Waals surface area contributed by atoms with Crippen molar-refractivity contribution >= 4 is 17.4 Å². The summed E-state index contributed by atoms with van der Waals surface area (Å²) < 4.78 is 0. The predicted octanol–water partition coefficient (Wildman–Crippen LogP) is 3.43. The van der Waals surface area contributed by atoms with Gasteiger partial charge < -0.3 is 20.4 Å². The normalized spacial score (nSPS) is 16.0. The Bertz CT molecular complexity index is 962. The number of amides is 1. The molecule has 1 atom stereocenters. The van der Waals surface area contributed by atoms with E-state index in [0.29, 0.717) is 11.4 Å². The molecule has 1 aromatic heterocycles. The number of aryl methyl sites for hydroxylation is 1.